The average molecular weight is 559 g/mol. The topological polar surface area (TPSA) is 188 Å². The van der Waals surface area contributed by atoms with Gasteiger partial charge in [0.2, 0.25) is 29.2 Å². The van der Waals surface area contributed by atoms with Crippen molar-refractivity contribution in [2.75, 3.05) is 5.32 Å². The number of pyridine rings is 1. The number of carbonyl (C=O) groups excluding carboxylic acids is 5. The Labute approximate surface area is 232 Å². The summed E-state index contributed by atoms with van der Waals surface area (Å²) in [6.07, 6.45) is -0.777. The predicted molar refractivity (Wildman–Crippen MR) is 150 cm³/mol. The van der Waals surface area contributed by atoms with Gasteiger partial charge in [-0.25, -0.2) is 4.79 Å². The Morgan fingerprint density at radius 1 is 0.750 bits per heavy atom. The van der Waals surface area contributed by atoms with Gasteiger partial charge in [0.25, 0.3) is 0 Å². The highest BCUT2D eigenvalue weighted by Gasteiger charge is 2.26. The summed E-state index contributed by atoms with van der Waals surface area (Å²) in [5.41, 5.74) is 0.799. The lowest BCUT2D eigenvalue weighted by Crippen LogP contribution is -2.56. The van der Waals surface area contributed by atoms with E-state index in [0.717, 1.165) is 10.9 Å². The molecule has 6 N–H and O–H groups in total. The Morgan fingerprint density at radius 3 is 1.73 bits per heavy atom. The standard InChI is InChI=1S/C27H38N6O7/c1-13-11-21(34)33-20-12-18(9-10-19(13)20)32-25(38)16(4)30-23(36)14(2)28-22(35)15(3)29-24(37)17(5)31-26(39)40-27(6,7)8/h9-12,14-17H,1-8H3,(H,28,35)(H,29,37)(H,30,36)(H,31,39)(H,32,38)(H,33,34)/t14-,15-,16-,17-/m0/s1. The number of hydrogen-bond acceptors (Lipinski definition) is 7. The summed E-state index contributed by atoms with van der Waals surface area (Å²) in [5.74, 6) is -2.39. The first-order chi connectivity index (χ1) is 18.5. The van der Waals surface area contributed by atoms with E-state index in [0.29, 0.717) is 11.2 Å². The second-order valence-electron chi connectivity index (χ2n) is 10.6. The van der Waals surface area contributed by atoms with Crippen LogP contribution in [0.3, 0.4) is 0 Å². The van der Waals surface area contributed by atoms with Crippen LogP contribution in [0.4, 0.5) is 10.5 Å². The third kappa shape index (κ3) is 9.40. The fourth-order valence-corrected chi connectivity index (χ4v) is 3.52. The van der Waals surface area contributed by atoms with E-state index in [1.807, 2.05) is 6.92 Å². The highest BCUT2D eigenvalue weighted by molar-refractivity contribution is 6.00. The highest BCUT2D eigenvalue weighted by atomic mass is 16.6. The fraction of sp³-hybridized carbons (Fsp3) is 0.481. The van der Waals surface area contributed by atoms with Gasteiger partial charge in [0.1, 0.15) is 29.8 Å². The van der Waals surface area contributed by atoms with Crippen LogP contribution in [-0.4, -0.2) is 64.5 Å². The van der Waals surface area contributed by atoms with Crippen LogP contribution in [0.15, 0.2) is 29.1 Å². The quantitative estimate of drug-likeness (QED) is 0.267. The molecule has 0 spiro atoms. The number of anilines is 1. The smallest absolute Gasteiger partial charge is 0.408 e. The number of aromatic amines is 1. The van der Waals surface area contributed by atoms with Crippen LogP contribution < -0.4 is 32.1 Å². The maximum atomic E-state index is 12.6. The molecule has 2 aromatic rings. The van der Waals surface area contributed by atoms with Gasteiger partial charge in [0.05, 0.1) is 5.52 Å². The molecule has 0 fully saturated rings. The molecule has 1 aromatic heterocycles. The van der Waals surface area contributed by atoms with Crippen molar-refractivity contribution in [1.29, 1.82) is 0 Å². The van der Waals surface area contributed by atoms with Gasteiger partial charge in [-0.2, -0.15) is 0 Å². The first-order valence-electron chi connectivity index (χ1n) is 12.8. The molecule has 1 heterocycles. The molecular formula is C27H38N6O7. The molecule has 0 aliphatic carbocycles. The number of amides is 5. The van der Waals surface area contributed by atoms with Gasteiger partial charge >= 0.3 is 6.09 Å². The molecule has 0 radical (unpaired) electrons. The van der Waals surface area contributed by atoms with Crippen molar-refractivity contribution in [1.82, 2.24) is 26.3 Å². The third-order valence-electron chi connectivity index (χ3n) is 5.70. The monoisotopic (exact) mass is 558 g/mol. The Balaban J connectivity index is 1.86. The molecule has 0 unspecified atom stereocenters. The lowest BCUT2D eigenvalue weighted by Gasteiger charge is -2.23. The molecule has 13 nitrogen and oxygen atoms in total. The van der Waals surface area contributed by atoms with Crippen molar-refractivity contribution in [3.63, 3.8) is 0 Å². The maximum absolute atomic E-state index is 12.6. The molecule has 5 amide bonds. The van der Waals surface area contributed by atoms with Crippen molar-refractivity contribution in [3.05, 3.63) is 40.2 Å². The van der Waals surface area contributed by atoms with Crippen molar-refractivity contribution >= 4 is 46.3 Å². The normalized spacial score (nSPS) is 14.2. The molecule has 0 aliphatic rings. The van der Waals surface area contributed by atoms with Gasteiger partial charge < -0.3 is 36.3 Å². The van der Waals surface area contributed by atoms with E-state index in [9.17, 15) is 28.8 Å². The molecule has 13 heteroatoms. The minimum absolute atomic E-state index is 0.258. The number of rotatable bonds is 9. The average Bonchev–Trinajstić information content (AvgIpc) is 2.81. The van der Waals surface area contributed by atoms with Crippen molar-refractivity contribution in [2.45, 2.75) is 85.2 Å². The second-order valence-corrected chi connectivity index (χ2v) is 10.6. The molecule has 0 saturated carbocycles. The van der Waals surface area contributed by atoms with E-state index in [1.54, 1.807) is 39.0 Å². The van der Waals surface area contributed by atoms with Gasteiger partial charge in [0, 0.05) is 17.1 Å². The number of nitrogens with one attached hydrogen (secondary N) is 6. The van der Waals surface area contributed by atoms with Gasteiger partial charge in [-0.15, -0.1) is 0 Å². The number of alkyl carbamates (subject to hydrolysis) is 1. The van der Waals surface area contributed by atoms with Crippen LogP contribution in [0, 0.1) is 6.92 Å². The fourth-order valence-electron chi connectivity index (χ4n) is 3.52. The molecule has 218 valence electrons. The molecule has 2 rings (SSSR count). The number of carbonyl (C=O) groups is 5. The SMILES string of the molecule is Cc1cc(=O)[nH]c2cc(NC(=O)[C@H](C)NC(=O)[C@H](C)NC(=O)[C@H](C)NC(=O)[C@H](C)NC(=O)OC(C)(C)C)ccc12. The van der Waals surface area contributed by atoms with Crippen LogP contribution in [0.25, 0.3) is 10.9 Å². The molecule has 40 heavy (non-hydrogen) atoms. The Morgan fingerprint density at radius 2 is 1.23 bits per heavy atom. The van der Waals surface area contributed by atoms with Gasteiger partial charge in [-0.1, -0.05) is 6.07 Å². The molecule has 0 saturated heterocycles. The largest absolute Gasteiger partial charge is 0.444 e. The minimum Gasteiger partial charge on any atom is -0.444 e. The highest BCUT2D eigenvalue weighted by Crippen LogP contribution is 2.19. The lowest BCUT2D eigenvalue weighted by molar-refractivity contribution is -0.132. The molecule has 0 aliphatic heterocycles. The van der Waals surface area contributed by atoms with E-state index in [1.165, 1.54) is 33.8 Å². The summed E-state index contributed by atoms with van der Waals surface area (Å²) in [6.45, 7) is 12.6. The summed E-state index contributed by atoms with van der Waals surface area (Å²) in [5, 5.41) is 13.4. The Hall–Kier alpha value is -4.42. The summed E-state index contributed by atoms with van der Waals surface area (Å²) in [7, 11) is 0. The predicted octanol–water partition coefficient (Wildman–Crippen LogP) is 1.20. The van der Waals surface area contributed by atoms with Gasteiger partial charge in [-0.3, -0.25) is 24.0 Å². The molecule has 1 aromatic carbocycles. The van der Waals surface area contributed by atoms with E-state index < -0.39 is 59.5 Å². The molecule has 4 atom stereocenters. The van der Waals surface area contributed by atoms with Crippen molar-refractivity contribution < 1.29 is 28.7 Å². The Kier molecular flexibility index (Phi) is 10.4. The van der Waals surface area contributed by atoms with Gasteiger partial charge in [-0.05, 0) is 73.1 Å². The summed E-state index contributed by atoms with van der Waals surface area (Å²) >= 11 is 0. The lowest BCUT2D eigenvalue weighted by atomic mass is 10.1. The van der Waals surface area contributed by atoms with E-state index in [2.05, 4.69) is 31.6 Å². The van der Waals surface area contributed by atoms with E-state index >= 15 is 0 Å². The summed E-state index contributed by atoms with van der Waals surface area (Å²) < 4.78 is 5.10. The molecule has 0 bridgehead atoms. The Bertz CT molecular complexity index is 1350. The summed E-state index contributed by atoms with van der Waals surface area (Å²) in [4.78, 5) is 76.4. The van der Waals surface area contributed by atoms with Crippen LogP contribution >= 0.6 is 0 Å². The zero-order chi connectivity index (χ0) is 30.4. The van der Waals surface area contributed by atoms with E-state index in [4.69, 9.17) is 4.74 Å². The number of fused-ring (bicyclic) bond motifs is 1. The van der Waals surface area contributed by atoms with Crippen molar-refractivity contribution in [2.24, 2.45) is 0 Å². The second kappa shape index (κ2) is 13.1. The van der Waals surface area contributed by atoms with Crippen LogP contribution in [0.1, 0.15) is 54.0 Å². The first-order valence-corrected chi connectivity index (χ1v) is 12.8. The van der Waals surface area contributed by atoms with E-state index in [-0.39, 0.29) is 5.56 Å². The zero-order valence-corrected chi connectivity index (χ0v) is 24.0. The van der Waals surface area contributed by atoms with Crippen LogP contribution in [0.5, 0.6) is 0 Å². The minimum atomic E-state index is -1.02. The van der Waals surface area contributed by atoms with Crippen molar-refractivity contribution in [3.8, 4) is 0 Å². The number of benzene rings is 1. The third-order valence-corrected chi connectivity index (χ3v) is 5.70. The number of ether oxygens (including phenoxy) is 1. The number of aromatic nitrogens is 1. The number of hydrogen-bond donors (Lipinski definition) is 6. The number of aryl methyl sites for hydroxylation is 1. The molecular weight excluding hydrogens is 520 g/mol. The first kappa shape index (κ1) is 31.8. The maximum Gasteiger partial charge on any atom is 0.408 e. The zero-order valence-electron chi connectivity index (χ0n) is 24.0. The van der Waals surface area contributed by atoms with Gasteiger partial charge in [0.15, 0.2) is 0 Å². The summed E-state index contributed by atoms with van der Waals surface area (Å²) in [6, 6.07) is 2.60. The van der Waals surface area contributed by atoms with Crippen LogP contribution in [-0.2, 0) is 23.9 Å². The van der Waals surface area contributed by atoms with Crippen LogP contribution in [0.2, 0.25) is 0 Å². The number of H-pyrrole nitrogens is 1.